The average Bonchev–Trinajstić information content (AvgIpc) is 3.24. The minimum atomic E-state index is -0.260. The number of carbonyl (C=O) groups excluding carboxylic acids is 2. The van der Waals surface area contributed by atoms with E-state index in [1.54, 1.807) is 11.3 Å². The van der Waals surface area contributed by atoms with Crippen LogP contribution in [0, 0.1) is 12.8 Å². The van der Waals surface area contributed by atoms with Crippen molar-refractivity contribution in [2.24, 2.45) is 5.92 Å². The van der Waals surface area contributed by atoms with Gasteiger partial charge in [-0.3, -0.25) is 9.59 Å². The van der Waals surface area contributed by atoms with Crippen LogP contribution in [0.3, 0.4) is 0 Å². The van der Waals surface area contributed by atoms with Crippen molar-refractivity contribution in [1.82, 2.24) is 5.32 Å². The summed E-state index contributed by atoms with van der Waals surface area (Å²) in [6, 6.07) is 11.9. The highest BCUT2D eigenvalue weighted by Gasteiger charge is 2.42. The second-order valence-electron chi connectivity index (χ2n) is 7.60. The highest BCUT2D eigenvalue weighted by Crippen LogP contribution is 2.41. The van der Waals surface area contributed by atoms with Gasteiger partial charge in [0, 0.05) is 36.2 Å². The number of benzene rings is 1. The lowest BCUT2D eigenvalue weighted by Crippen LogP contribution is -2.50. The number of thiophene rings is 1. The maximum Gasteiger partial charge on any atom is 0.227 e. The molecule has 2 atom stereocenters. The Morgan fingerprint density at radius 1 is 1.14 bits per heavy atom. The van der Waals surface area contributed by atoms with Crippen molar-refractivity contribution in [3.05, 3.63) is 52.2 Å². The molecule has 2 aromatic rings. The molecule has 4 rings (SSSR count). The average molecular weight is 399 g/mol. The summed E-state index contributed by atoms with van der Waals surface area (Å²) in [5, 5.41) is 5.23. The molecule has 0 radical (unpaired) electrons. The Balaban J connectivity index is 1.64. The number of hydrogen-bond donors (Lipinski definition) is 1. The van der Waals surface area contributed by atoms with E-state index in [9.17, 15) is 9.59 Å². The molecule has 5 nitrogen and oxygen atoms in total. The maximum atomic E-state index is 13.2. The van der Waals surface area contributed by atoms with Gasteiger partial charge in [-0.05, 0) is 49.8 Å². The number of amides is 2. The normalized spacial score (nSPS) is 23.6. The number of nitrogens with one attached hydrogen (secondary N) is 1. The Labute approximate surface area is 169 Å². The summed E-state index contributed by atoms with van der Waals surface area (Å²) in [5.74, 6) is -0.118. The molecule has 2 amide bonds. The van der Waals surface area contributed by atoms with E-state index in [0.717, 1.165) is 29.0 Å². The number of carbonyl (C=O) groups is 2. The Kier molecular flexibility index (Phi) is 5.78. The molecule has 0 bridgehead atoms. The Hall–Kier alpha value is -2.18. The molecule has 0 aliphatic carbocycles. The molecule has 1 aromatic heterocycles. The van der Waals surface area contributed by atoms with Gasteiger partial charge in [-0.15, -0.1) is 11.3 Å². The van der Waals surface area contributed by atoms with Crippen molar-refractivity contribution in [2.75, 3.05) is 18.1 Å². The van der Waals surface area contributed by atoms with E-state index in [-0.39, 0.29) is 29.8 Å². The summed E-state index contributed by atoms with van der Waals surface area (Å²) in [6.45, 7) is 3.42. The molecule has 2 aliphatic rings. The SMILES string of the molecule is Cc1ccc(N2C(=O)CC[C@H](C(=O)NC3CCOCC3)[C@H]2c2cccs2)cc1. The number of ether oxygens (including phenoxy) is 1. The molecule has 2 fully saturated rings. The molecule has 2 saturated heterocycles. The van der Waals surface area contributed by atoms with Crippen LogP contribution in [0.25, 0.3) is 0 Å². The standard InChI is InChI=1S/C22H26N2O3S/c1-15-4-6-17(7-5-15)24-20(25)9-8-18(21(24)19-3-2-14-28-19)22(26)23-16-10-12-27-13-11-16/h2-7,14,16,18,21H,8-13H2,1H3,(H,23,26)/t18-,21-/m0/s1. The lowest BCUT2D eigenvalue weighted by atomic mass is 9.86. The fourth-order valence-corrected chi connectivity index (χ4v) is 4.99. The first kappa shape index (κ1) is 19.2. The van der Waals surface area contributed by atoms with Gasteiger partial charge >= 0.3 is 0 Å². The van der Waals surface area contributed by atoms with Crippen molar-refractivity contribution in [3.63, 3.8) is 0 Å². The van der Waals surface area contributed by atoms with E-state index in [1.165, 1.54) is 0 Å². The van der Waals surface area contributed by atoms with Crippen molar-refractivity contribution in [1.29, 1.82) is 0 Å². The van der Waals surface area contributed by atoms with Gasteiger partial charge in [-0.25, -0.2) is 0 Å². The van der Waals surface area contributed by atoms with Gasteiger partial charge in [0.05, 0.1) is 12.0 Å². The first-order valence-corrected chi connectivity index (χ1v) is 10.8. The molecular formula is C22H26N2O3S. The molecule has 1 N–H and O–H groups in total. The van der Waals surface area contributed by atoms with Crippen LogP contribution in [-0.2, 0) is 14.3 Å². The van der Waals surface area contributed by atoms with E-state index in [2.05, 4.69) is 5.32 Å². The van der Waals surface area contributed by atoms with E-state index >= 15 is 0 Å². The predicted molar refractivity (Wildman–Crippen MR) is 110 cm³/mol. The van der Waals surface area contributed by atoms with E-state index in [4.69, 9.17) is 4.74 Å². The van der Waals surface area contributed by atoms with Crippen molar-refractivity contribution in [2.45, 2.75) is 44.7 Å². The van der Waals surface area contributed by atoms with Crippen molar-refractivity contribution in [3.8, 4) is 0 Å². The van der Waals surface area contributed by atoms with Crippen LogP contribution >= 0.6 is 11.3 Å². The van der Waals surface area contributed by atoms with Gasteiger partial charge in [-0.2, -0.15) is 0 Å². The minimum absolute atomic E-state index is 0.0508. The monoisotopic (exact) mass is 398 g/mol. The van der Waals surface area contributed by atoms with Crippen LogP contribution in [0.15, 0.2) is 41.8 Å². The summed E-state index contributed by atoms with van der Waals surface area (Å²) < 4.78 is 5.40. The third-order valence-corrected chi connectivity index (χ3v) is 6.59. The largest absolute Gasteiger partial charge is 0.381 e. The topological polar surface area (TPSA) is 58.6 Å². The van der Waals surface area contributed by atoms with Crippen molar-refractivity contribution < 1.29 is 14.3 Å². The summed E-state index contributed by atoms with van der Waals surface area (Å²) in [4.78, 5) is 29.0. The smallest absolute Gasteiger partial charge is 0.227 e. The Morgan fingerprint density at radius 2 is 1.89 bits per heavy atom. The third kappa shape index (κ3) is 3.98. The van der Waals surface area contributed by atoms with E-state index in [0.29, 0.717) is 26.1 Å². The van der Waals surface area contributed by atoms with Crippen LogP contribution in [-0.4, -0.2) is 31.1 Å². The zero-order valence-corrected chi connectivity index (χ0v) is 16.9. The number of rotatable bonds is 4. The number of piperidine rings is 1. The summed E-state index contributed by atoms with van der Waals surface area (Å²) >= 11 is 1.61. The highest BCUT2D eigenvalue weighted by molar-refractivity contribution is 7.10. The molecule has 2 aliphatic heterocycles. The van der Waals surface area contributed by atoms with Gasteiger partial charge < -0.3 is 15.0 Å². The first-order valence-electron chi connectivity index (χ1n) is 9.94. The van der Waals surface area contributed by atoms with Gasteiger partial charge in [0.1, 0.15) is 0 Å². The van der Waals surface area contributed by atoms with Crippen LogP contribution in [0.5, 0.6) is 0 Å². The van der Waals surface area contributed by atoms with Crippen molar-refractivity contribution >= 4 is 28.8 Å². The number of anilines is 1. The summed E-state index contributed by atoms with van der Waals surface area (Å²) in [7, 11) is 0. The van der Waals surface area contributed by atoms with Crippen LogP contribution in [0.1, 0.15) is 42.2 Å². The lowest BCUT2D eigenvalue weighted by molar-refractivity contribution is -0.130. The van der Waals surface area contributed by atoms with E-state index < -0.39 is 0 Å². The molecule has 0 saturated carbocycles. The Bertz CT molecular complexity index is 813. The predicted octanol–water partition coefficient (Wildman–Crippen LogP) is 3.84. The quantitative estimate of drug-likeness (QED) is 0.851. The van der Waals surface area contributed by atoms with E-state index in [1.807, 2.05) is 53.6 Å². The second kappa shape index (κ2) is 8.45. The summed E-state index contributed by atoms with van der Waals surface area (Å²) in [5.41, 5.74) is 2.01. The molecule has 28 heavy (non-hydrogen) atoms. The van der Waals surface area contributed by atoms with Crippen LogP contribution < -0.4 is 10.2 Å². The van der Waals surface area contributed by atoms with Crippen LogP contribution in [0.2, 0.25) is 0 Å². The highest BCUT2D eigenvalue weighted by atomic mass is 32.1. The fourth-order valence-electron chi connectivity index (χ4n) is 4.11. The second-order valence-corrected chi connectivity index (χ2v) is 8.58. The number of nitrogens with zero attached hydrogens (tertiary/aromatic N) is 1. The molecular weight excluding hydrogens is 372 g/mol. The Morgan fingerprint density at radius 3 is 2.57 bits per heavy atom. The fraction of sp³-hybridized carbons (Fsp3) is 0.455. The number of hydrogen-bond acceptors (Lipinski definition) is 4. The maximum absolute atomic E-state index is 13.2. The molecule has 0 unspecified atom stereocenters. The first-order chi connectivity index (χ1) is 13.6. The van der Waals surface area contributed by atoms with Gasteiger partial charge in [0.15, 0.2) is 0 Å². The van der Waals surface area contributed by atoms with Gasteiger partial charge in [0.25, 0.3) is 0 Å². The van der Waals surface area contributed by atoms with Gasteiger partial charge in [0.2, 0.25) is 11.8 Å². The zero-order valence-electron chi connectivity index (χ0n) is 16.1. The summed E-state index contributed by atoms with van der Waals surface area (Å²) in [6.07, 6.45) is 2.67. The number of aryl methyl sites for hydroxylation is 1. The molecule has 148 valence electrons. The molecule has 1 aromatic carbocycles. The minimum Gasteiger partial charge on any atom is -0.381 e. The zero-order chi connectivity index (χ0) is 19.5. The van der Waals surface area contributed by atoms with Gasteiger partial charge in [-0.1, -0.05) is 23.8 Å². The third-order valence-electron chi connectivity index (χ3n) is 5.65. The van der Waals surface area contributed by atoms with Crippen LogP contribution in [0.4, 0.5) is 5.69 Å². The lowest BCUT2D eigenvalue weighted by Gasteiger charge is -2.40. The molecule has 0 spiro atoms. The molecule has 6 heteroatoms. The molecule has 3 heterocycles.